The summed E-state index contributed by atoms with van der Waals surface area (Å²) >= 11 is 0. The summed E-state index contributed by atoms with van der Waals surface area (Å²) < 4.78 is 9.70. The molecule has 10 heteroatoms. The van der Waals surface area contributed by atoms with Crippen LogP contribution in [0.15, 0.2) is 53.5 Å². The molecule has 3 aromatic heterocycles. The van der Waals surface area contributed by atoms with E-state index >= 15 is 0 Å². The summed E-state index contributed by atoms with van der Waals surface area (Å²) in [6, 6.07) is 14.8. The van der Waals surface area contributed by atoms with Crippen molar-refractivity contribution in [2.24, 2.45) is 7.05 Å². The Balaban J connectivity index is 1.13. The second-order valence-corrected chi connectivity index (χ2v) is 12.5. The highest BCUT2D eigenvalue weighted by molar-refractivity contribution is 5.94. The van der Waals surface area contributed by atoms with E-state index in [9.17, 15) is 4.79 Å². The van der Waals surface area contributed by atoms with Crippen molar-refractivity contribution in [3.05, 3.63) is 64.6 Å². The van der Waals surface area contributed by atoms with Gasteiger partial charge < -0.3 is 15.0 Å². The molecule has 0 atom stereocenters. The quantitative estimate of drug-likeness (QED) is 0.326. The highest BCUT2D eigenvalue weighted by Gasteiger charge is 2.49. The van der Waals surface area contributed by atoms with Gasteiger partial charge in [-0.25, -0.2) is 9.67 Å². The van der Waals surface area contributed by atoms with Crippen LogP contribution in [0.1, 0.15) is 57.1 Å². The number of nitrogens with zero attached hydrogens (tertiary/aromatic N) is 7. The Morgan fingerprint density at radius 1 is 0.953 bits per heavy atom. The lowest BCUT2D eigenvalue weighted by molar-refractivity contribution is 0.0976. The van der Waals surface area contributed by atoms with E-state index in [4.69, 9.17) is 14.8 Å². The van der Waals surface area contributed by atoms with Crippen molar-refractivity contribution in [3.63, 3.8) is 0 Å². The molecule has 1 aliphatic heterocycles. The number of nitrogens with one attached hydrogen (secondary N) is 1. The molecule has 2 aliphatic carbocycles. The Morgan fingerprint density at radius 2 is 1.70 bits per heavy atom. The minimum absolute atomic E-state index is 0.0733. The van der Waals surface area contributed by atoms with Crippen molar-refractivity contribution in [1.29, 1.82) is 0 Å². The summed E-state index contributed by atoms with van der Waals surface area (Å²) in [4.78, 5) is 21.6. The van der Waals surface area contributed by atoms with Crippen LogP contribution in [0.4, 0.5) is 5.82 Å². The molecule has 0 radical (unpaired) electrons. The number of aryl methyl sites for hydroxylation is 1. The highest BCUT2D eigenvalue weighted by atomic mass is 16.5. The van der Waals surface area contributed by atoms with Gasteiger partial charge in [0.25, 0.3) is 5.56 Å². The fourth-order valence-electron chi connectivity index (χ4n) is 7.00. The van der Waals surface area contributed by atoms with E-state index in [1.807, 2.05) is 6.20 Å². The van der Waals surface area contributed by atoms with Gasteiger partial charge in [-0.05, 0) is 58.1 Å². The van der Waals surface area contributed by atoms with Gasteiger partial charge in [-0.2, -0.15) is 5.10 Å². The second kappa shape index (κ2) is 11.4. The molecule has 3 fully saturated rings. The van der Waals surface area contributed by atoms with Crippen molar-refractivity contribution in [2.75, 3.05) is 45.1 Å². The summed E-state index contributed by atoms with van der Waals surface area (Å²) in [7, 11) is 3.87. The standard InChI is InChI=1S/C33H42N8O2/c1-4-34-29-21-28-27(22-35-29)32(23-5-7-24(8-6-23)33(15-16-33)40-19-17-38(2)18-20-40)37-41(28)25-9-11-26(12-10-25)43-30-13-14-31(42)39(3)36-30/h5-8,13-14,21-22,25-26H,4,9-12,15-20H2,1-3H3,(H,34,35)/t25-,26+. The monoisotopic (exact) mass is 582 g/mol. The predicted molar refractivity (Wildman–Crippen MR) is 169 cm³/mol. The molecular formula is C33H42N8O2. The maximum atomic E-state index is 11.7. The number of aromatic nitrogens is 5. The topological polar surface area (TPSA) is 93.3 Å². The third-order valence-electron chi connectivity index (χ3n) is 9.69. The third kappa shape index (κ3) is 5.42. The number of fused-ring (bicyclic) bond motifs is 1. The fraction of sp³-hybridized carbons (Fsp3) is 0.515. The van der Waals surface area contributed by atoms with Gasteiger partial charge in [0, 0.05) is 80.7 Å². The van der Waals surface area contributed by atoms with Crippen LogP contribution in [-0.4, -0.2) is 80.2 Å². The van der Waals surface area contributed by atoms with Gasteiger partial charge in [0.05, 0.1) is 11.6 Å². The van der Waals surface area contributed by atoms with E-state index in [1.165, 1.54) is 29.2 Å². The van der Waals surface area contributed by atoms with Crippen LogP contribution in [-0.2, 0) is 12.6 Å². The van der Waals surface area contributed by atoms with Gasteiger partial charge in [0.15, 0.2) is 0 Å². The van der Waals surface area contributed by atoms with E-state index in [0.29, 0.717) is 5.88 Å². The largest absolute Gasteiger partial charge is 0.473 e. The highest BCUT2D eigenvalue weighted by Crippen LogP contribution is 2.51. The van der Waals surface area contributed by atoms with Crippen molar-refractivity contribution < 1.29 is 4.74 Å². The minimum Gasteiger partial charge on any atom is -0.473 e. The Labute approximate surface area is 252 Å². The molecule has 10 nitrogen and oxygen atoms in total. The average molecular weight is 583 g/mol. The molecule has 2 saturated carbocycles. The summed E-state index contributed by atoms with van der Waals surface area (Å²) in [5.74, 6) is 1.38. The second-order valence-electron chi connectivity index (χ2n) is 12.5. The molecule has 4 aromatic rings. The number of likely N-dealkylation sites (N-methyl/N-ethyl adjacent to an activating group) is 1. The van der Waals surface area contributed by atoms with Gasteiger partial charge in [-0.15, -0.1) is 5.10 Å². The zero-order valence-electron chi connectivity index (χ0n) is 25.5. The van der Waals surface area contributed by atoms with Crippen LogP contribution < -0.4 is 15.6 Å². The zero-order valence-corrected chi connectivity index (χ0v) is 25.5. The first-order valence-corrected chi connectivity index (χ1v) is 15.8. The molecule has 4 heterocycles. The lowest BCUT2D eigenvalue weighted by Gasteiger charge is -2.38. The molecule has 3 aliphatic rings. The van der Waals surface area contributed by atoms with E-state index in [2.05, 4.69) is 69.2 Å². The van der Waals surface area contributed by atoms with Crippen molar-refractivity contribution in [2.45, 2.75) is 63.1 Å². The number of hydrogen-bond acceptors (Lipinski definition) is 8. The van der Waals surface area contributed by atoms with E-state index in [0.717, 1.165) is 86.4 Å². The van der Waals surface area contributed by atoms with E-state index in [-0.39, 0.29) is 23.2 Å². The fourth-order valence-corrected chi connectivity index (χ4v) is 7.00. The smallest absolute Gasteiger partial charge is 0.266 e. The van der Waals surface area contributed by atoms with Crippen LogP contribution in [0.2, 0.25) is 0 Å². The number of piperazine rings is 1. The van der Waals surface area contributed by atoms with Gasteiger partial charge in [-0.3, -0.25) is 14.4 Å². The number of ether oxygens (including phenoxy) is 1. The number of anilines is 1. The predicted octanol–water partition coefficient (Wildman–Crippen LogP) is 4.42. The van der Waals surface area contributed by atoms with Crippen LogP contribution in [0.25, 0.3) is 22.2 Å². The molecule has 1 N–H and O–H groups in total. The third-order valence-corrected chi connectivity index (χ3v) is 9.69. The van der Waals surface area contributed by atoms with Crippen LogP contribution in [0.5, 0.6) is 5.88 Å². The van der Waals surface area contributed by atoms with Crippen molar-refractivity contribution in [3.8, 4) is 17.1 Å². The first-order valence-electron chi connectivity index (χ1n) is 15.8. The van der Waals surface area contributed by atoms with Crippen molar-refractivity contribution >= 4 is 16.7 Å². The number of rotatable bonds is 8. The van der Waals surface area contributed by atoms with Gasteiger partial charge in [0.1, 0.15) is 17.6 Å². The maximum absolute atomic E-state index is 11.7. The number of benzene rings is 1. The van der Waals surface area contributed by atoms with E-state index < -0.39 is 0 Å². The molecule has 0 bridgehead atoms. The molecule has 0 spiro atoms. The lowest BCUT2D eigenvalue weighted by atomic mass is 9.93. The Bertz CT molecular complexity index is 1640. The van der Waals surface area contributed by atoms with Gasteiger partial charge >= 0.3 is 0 Å². The summed E-state index contributed by atoms with van der Waals surface area (Å²) in [5.41, 5.74) is 4.76. The van der Waals surface area contributed by atoms with Gasteiger partial charge in [0.2, 0.25) is 5.88 Å². The maximum Gasteiger partial charge on any atom is 0.266 e. The molecule has 1 saturated heterocycles. The Kier molecular flexibility index (Phi) is 7.43. The lowest BCUT2D eigenvalue weighted by Crippen LogP contribution is -2.49. The normalized spacial score (nSPS) is 22.5. The summed E-state index contributed by atoms with van der Waals surface area (Å²) in [6.07, 6.45) is 8.26. The molecule has 7 rings (SSSR count). The Hall–Kier alpha value is -3.76. The molecule has 226 valence electrons. The zero-order chi connectivity index (χ0) is 29.6. The SMILES string of the molecule is CCNc1cc2c(cn1)c(-c1ccc(C3(N4CCN(C)CC4)CC3)cc1)nn2[C@H]1CC[C@@H](Oc2ccc(=O)n(C)n2)CC1. The average Bonchev–Trinajstić information content (AvgIpc) is 3.75. The van der Waals surface area contributed by atoms with Gasteiger partial charge in [-0.1, -0.05) is 24.3 Å². The first kappa shape index (κ1) is 28.0. The van der Waals surface area contributed by atoms with Crippen LogP contribution in [0.3, 0.4) is 0 Å². The van der Waals surface area contributed by atoms with Crippen molar-refractivity contribution in [1.82, 2.24) is 34.3 Å². The summed E-state index contributed by atoms with van der Waals surface area (Å²) in [5, 5.41) is 14.0. The molecule has 0 unspecified atom stereocenters. The molecular weight excluding hydrogens is 540 g/mol. The number of hydrogen-bond donors (Lipinski definition) is 1. The first-order chi connectivity index (χ1) is 20.9. The molecule has 43 heavy (non-hydrogen) atoms. The molecule has 0 amide bonds. The minimum atomic E-state index is -0.138. The number of pyridine rings is 1. The molecule has 1 aromatic carbocycles. The van der Waals surface area contributed by atoms with Crippen LogP contribution >= 0.6 is 0 Å². The summed E-state index contributed by atoms with van der Waals surface area (Å²) in [6.45, 7) is 7.47. The van der Waals surface area contributed by atoms with E-state index in [1.54, 1.807) is 13.1 Å². The Morgan fingerprint density at radius 3 is 2.37 bits per heavy atom. The van der Waals surface area contributed by atoms with Crippen LogP contribution in [0, 0.1) is 0 Å².